The van der Waals surface area contributed by atoms with Crippen molar-refractivity contribution in [3.8, 4) is 11.5 Å². The molecule has 122 valence electrons. The zero-order chi connectivity index (χ0) is 16.7. The molecule has 0 aliphatic heterocycles. The normalized spacial score (nSPS) is 10.2. The summed E-state index contributed by atoms with van der Waals surface area (Å²) in [5.74, 6) is 2.13. The first kappa shape index (κ1) is 17.2. The summed E-state index contributed by atoms with van der Waals surface area (Å²) >= 11 is 1.68. The van der Waals surface area contributed by atoms with Crippen molar-refractivity contribution < 1.29 is 14.3 Å². The van der Waals surface area contributed by atoms with Gasteiger partial charge in [0.15, 0.2) is 0 Å². The number of methoxy groups -OCH3 is 2. The lowest BCUT2D eigenvalue weighted by Gasteiger charge is -2.19. The standard InChI is InChI=1S/C18H21NO3S/c1-19(14-11-15(21-2)13-16(12-14)22-3)18(20)9-10-23-17-7-5-4-6-8-17/h4-8,11-13H,9-10H2,1-3H3. The van der Waals surface area contributed by atoms with Gasteiger partial charge in [-0.05, 0) is 12.1 Å². The predicted octanol–water partition coefficient (Wildman–Crippen LogP) is 3.85. The van der Waals surface area contributed by atoms with Crippen LogP contribution in [-0.2, 0) is 4.79 Å². The molecule has 0 spiro atoms. The highest BCUT2D eigenvalue weighted by Crippen LogP contribution is 2.28. The van der Waals surface area contributed by atoms with Crippen LogP contribution in [0.15, 0.2) is 53.4 Å². The molecular formula is C18H21NO3S. The van der Waals surface area contributed by atoms with Gasteiger partial charge < -0.3 is 14.4 Å². The van der Waals surface area contributed by atoms with E-state index in [1.165, 1.54) is 4.90 Å². The Morgan fingerprint density at radius 1 is 1.04 bits per heavy atom. The first-order valence-corrected chi connectivity index (χ1v) is 8.30. The predicted molar refractivity (Wildman–Crippen MR) is 94.7 cm³/mol. The van der Waals surface area contributed by atoms with Crippen LogP contribution in [0, 0.1) is 0 Å². The largest absolute Gasteiger partial charge is 0.497 e. The van der Waals surface area contributed by atoms with E-state index < -0.39 is 0 Å². The second-order valence-electron chi connectivity index (χ2n) is 4.94. The summed E-state index contributed by atoms with van der Waals surface area (Å²) in [4.78, 5) is 15.2. The Bertz CT molecular complexity index is 624. The quantitative estimate of drug-likeness (QED) is 0.723. The van der Waals surface area contributed by atoms with E-state index >= 15 is 0 Å². The van der Waals surface area contributed by atoms with E-state index in [9.17, 15) is 4.79 Å². The maximum absolute atomic E-state index is 12.4. The molecular weight excluding hydrogens is 310 g/mol. The smallest absolute Gasteiger partial charge is 0.227 e. The first-order chi connectivity index (χ1) is 11.1. The van der Waals surface area contributed by atoms with Gasteiger partial charge in [0.25, 0.3) is 0 Å². The third-order valence-corrected chi connectivity index (χ3v) is 4.44. The molecule has 0 unspecified atom stereocenters. The first-order valence-electron chi connectivity index (χ1n) is 7.31. The van der Waals surface area contributed by atoms with Crippen molar-refractivity contribution in [3.63, 3.8) is 0 Å². The average molecular weight is 331 g/mol. The highest BCUT2D eigenvalue weighted by Gasteiger charge is 2.13. The maximum atomic E-state index is 12.4. The summed E-state index contributed by atoms with van der Waals surface area (Å²) in [5, 5.41) is 0. The van der Waals surface area contributed by atoms with Crippen LogP contribution >= 0.6 is 11.8 Å². The number of carbonyl (C=O) groups excluding carboxylic acids is 1. The molecule has 0 heterocycles. The highest BCUT2D eigenvalue weighted by atomic mass is 32.2. The monoisotopic (exact) mass is 331 g/mol. The Kier molecular flexibility index (Phi) is 6.35. The van der Waals surface area contributed by atoms with Crippen LogP contribution in [0.25, 0.3) is 0 Å². The minimum absolute atomic E-state index is 0.0590. The van der Waals surface area contributed by atoms with Crippen LogP contribution in [0.2, 0.25) is 0 Å². The van der Waals surface area contributed by atoms with Crippen LogP contribution in [0.1, 0.15) is 6.42 Å². The number of anilines is 1. The molecule has 0 aliphatic rings. The maximum Gasteiger partial charge on any atom is 0.227 e. The SMILES string of the molecule is COc1cc(OC)cc(N(C)C(=O)CCSc2ccccc2)c1. The van der Waals surface area contributed by atoms with Crippen LogP contribution in [0.5, 0.6) is 11.5 Å². The molecule has 2 rings (SSSR count). The van der Waals surface area contributed by atoms with E-state index in [1.54, 1.807) is 44.0 Å². The van der Waals surface area contributed by atoms with E-state index in [0.717, 1.165) is 11.4 Å². The number of hydrogen-bond donors (Lipinski definition) is 0. The minimum Gasteiger partial charge on any atom is -0.497 e. The van der Waals surface area contributed by atoms with Gasteiger partial charge in [0, 0.05) is 42.3 Å². The van der Waals surface area contributed by atoms with Crippen LogP contribution < -0.4 is 14.4 Å². The van der Waals surface area contributed by atoms with Gasteiger partial charge in [0.2, 0.25) is 5.91 Å². The fraction of sp³-hybridized carbons (Fsp3) is 0.278. The summed E-state index contributed by atoms with van der Waals surface area (Å²) in [6, 6.07) is 15.5. The van der Waals surface area contributed by atoms with Crippen molar-refractivity contribution in [2.24, 2.45) is 0 Å². The molecule has 0 aliphatic carbocycles. The number of benzene rings is 2. The lowest BCUT2D eigenvalue weighted by atomic mass is 10.2. The Morgan fingerprint density at radius 2 is 1.65 bits per heavy atom. The summed E-state index contributed by atoms with van der Waals surface area (Å²) in [5.41, 5.74) is 0.760. The topological polar surface area (TPSA) is 38.8 Å². The van der Waals surface area contributed by atoms with Gasteiger partial charge >= 0.3 is 0 Å². The molecule has 0 saturated heterocycles. The van der Waals surface area contributed by atoms with Crippen molar-refractivity contribution >= 4 is 23.4 Å². The Balaban J connectivity index is 1.96. The lowest BCUT2D eigenvalue weighted by molar-refractivity contribution is -0.117. The summed E-state index contributed by atoms with van der Waals surface area (Å²) in [6.45, 7) is 0. The number of carbonyl (C=O) groups is 1. The van der Waals surface area contributed by atoms with Crippen molar-refractivity contribution in [1.29, 1.82) is 0 Å². The molecule has 0 N–H and O–H groups in total. The second kappa shape index (κ2) is 8.48. The molecule has 2 aromatic carbocycles. The van der Waals surface area contributed by atoms with Gasteiger partial charge in [-0.1, -0.05) is 18.2 Å². The van der Waals surface area contributed by atoms with E-state index in [4.69, 9.17) is 9.47 Å². The molecule has 4 nitrogen and oxygen atoms in total. The Labute approximate surface area is 141 Å². The fourth-order valence-electron chi connectivity index (χ4n) is 2.07. The van der Waals surface area contributed by atoms with Gasteiger partial charge in [0.1, 0.15) is 11.5 Å². The minimum atomic E-state index is 0.0590. The van der Waals surface area contributed by atoms with Crippen LogP contribution in [0.4, 0.5) is 5.69 Å². The fourth-order valence-corrected chi connectivity index (χ4v) is 2.93. The van der Waals surface area contributed by atoms with Crippen molar-refractivity contribution in [3.05, 3.63) is 48.5 Å². The van der Waals surface area contributed by atoms with Crippen LogP contribution in [0.3, 0.4) is 0 Å². The van der Waals surface area contributed by atoms with Crippen molar-refractivity contribution in [1.82, 2.24) is 0 Å². The Hall–Kier alpha value is -2.14. The van der Waals surface area contributed by atoms with Gasteiger partial charge in [-0.15, -0.1) is 11.8 Å². The third kappa shape index (κ3) is 4.93. The molecule has 1 amide bonds. The lowest BCUT2D eigenvalue weighted by Crippen LogP contribution is -2.26. The second-order valence-corrected chi connectivity index (χ2v) is 6.10. The van der Waals surface area contributed by atoms with Crippen molar-refractivity contribution in [2.75, 3.05) is 31.9 Å². The number of ether oxygens (including phenoxy) is 2. The summed E-state index contributed by atoms with van der Waals surface area (Å²) < 4.78 is 10.5. The van der Waals surface area contributed by atoms with E-state index in [-0.39, 0.29) is 5.91 Å². The van der Waals surface area contributed by atoms with E-state index in [0.29, 0.717) is 17.9 Å². The molecule has 0 bridgehead atoms. The summed E-state index contributed by atoms with van der Waals surface area (Å²) in [7, 11) is 4.96. The molecule has 0 atom stereocenters. The van der Waals surface area contributed by atoms with Gasteiger partial charge in [-0.3, -0.25) is 4.79 Å². The van der Waals surface area contributed by atoms with Gasteiger partial charge in [-0.25, -0.2) is 0 Å². The molecule has 0 saturated carbocycles. The third-order valence-electron chi connectivity index (χ3n) is 3.43. The zero-order valence-electron chi connectivity index (χ0n) is 13.6. The Morgan fingerprint density at radius 3 is 2.22 bits per heavy atom. The van der Waals surface area contributed by atoms with Crippen LogP contribution in [-0.4, -0.2) is 32.9 Å². The van der Waals surface area contributed by atoms with Gasteiger partial charge in [0.05, 0.1) is 19.9 Å². The van der Waals surface area contributed by atoms with E-state index in [2.05, 4.69) is 0 Å². The number of thioether (sulfide) groups is 1. The molecule has 0 radical (unpaired) electrons. The highest BCUT2D eigenvalue weighted by molar-refractivity contribution is 7.99. The molecule has 0 aromatic heterocycles. The molecule has 5 heteroatoms. The molecule has 0 fully saturated rings. The van der Waals surface area contributed by atoms with Gasteiger partial charge in [-0.2, -0.15) is 0 Å². The molecule has 2 aromatic rings. The number of nitrogens with zero attached hydrogens (tertiary/aromatic N) is 1. The van der Waals surface area contributed by atoms with Crippen molar-refractivity contribution in [2.45, 2.75) is 11.3 Å². The number of amides is 1. The number of rotatable bonds is 7. The summed E-state index contributed by atoms with van der Waals surface area (Å²) in [6.07, 6.45) is 0.468. The molecule has 23 heavy (non-hydrogen) atoms. The van der Waals surface area contributed by atoms with E-state index in [1.807, 2.05) is 42.5 Å². The number of hydrogen-bond acceptors (Lipinski definition) is 4. The zero-order valence-corrected chi connectivity index (χ0v) is 14.4. The average Bonchev–Trinajstić information content (AvgIpc) is 2.61.